The molecule has 1 aromatic rings. The van der Waals surface area contributed by atoms with Crippen molar-refractivity contribution in [1.29, 1.82) is 0 Å². The fourth-order valence-corrected chi connectivity index (χ4v) is 0.915. The monoisotopic (exact) mass is 207 g/mol. The summed E-state index contributed by atoms with van der Waals surface area (Å²) in [5.74, 6) is 0.00689. The molecule has 1 amide bonds. The fraction of sp³-hybridized carbons (Fsp3) is 0.222. The van der Waals surface area contributed by atoms with Crippen molar-refractivity contribution in [2.75, 3.05) is 12.8 Å². The predicted octanol–water partition coefficient (Wildman–Crippen LogP) is -0.733. The standard InChI is InChI=1S/C9H13N5O/c1-12-8(11)9(15)14-5-6-2-3-7(10)13-4-6/h2-4H,5H2,1H3,(H2,10,13)(H2,11,12)(H,14,15). The quantitative estimate of drug-likeness (QED) is 0.439. The Morgan fingerprint density at radius 3 is 2.87 bits per heavy atom. The van der Waals surface area contributed by atoms with Gasteiger partial charge in [0.1, 0.15) is 5.82 Å². The number of amides is 1. The zero-order valence-electron chi connectivity index (χ0n) is 8.40. The molecule has 1 aromatic heterocycles. The number of nitrogens with two attached hydrogens (primary N) is 2. The molecule has 1 rings (SSSR count). The smallest absolute Gasteiger partial charge is 0.286 e. The van der Waals surface area contributed by atoms with Crippen molar-refractivity contribution in [3.05, 3.63) is 23.9 Å². The average Bonchev–Trinajstić information content (AvgIpc) is 2.26. The molecule has 15 heavy (non-hydrogen) atoms. The van der Waals surface area contributed by atoms with Gasteiger partial charge in [0.2, 0.25) is 0 Å². The first-order valence-corrected chi connectivity index (χ1v) is 4.34. The Hall–Kier alpha value is -2.11. The molecular weight excluding hydrogens is 194 g/mol. The lowest BCUT2D eigenvalue weighted by Gasteiger charge is -2.04. The third kappa shape index (κ3) is 3.26. The van der Waals surface area contributed by atoms with Gasteiger partial charge in [-0.05, 0) is 11.6 Å². The molecule has 0 saturated heterocycles. The number of pyridine rings is 1. The molecule has 0 spiro atoms. The zero-order valence-corrected chi connectivity index (χ0v) is 8.40. The van der Waals surface area contributed by atoms with E-state index in [1.54, 1.807) is 18.3 Å². The van der Waals surface area contributed by atoms with Gasteiger partial charge in [0.05, 0.1) is 0 Å². The van der Waals surface area contributed by atoms with Crippen LogP contribution in [-0.2, 0) is 11.3 Å². The number of aromatic nitrogens is 1. The van der Waals surface area contributed by atoms with Gasteiger partial charge in [-0.1, -0.05) is 6.07 Å². The number of hydrogen-bond donors (Lipinski definition) is 3. The van der Waals surface area contributed by atoms with E-state index in [4.69, 9.17) is 11.5 Å². The first kappa shape index (κ1) is 11.0. The average molecular weight is 207 g/mol. The van der Waals surface area contributed by atoms with Crippen molar-refractivity contribution in [2.45, 2.75) is 6.54 Å². The van der Waals surface area contributed by atoms with Crippen molar-refractivity contribution >= 4 is 17.6 Å². The summed E-state index contributed by atoms with van der Waals surface area (Å²) >= 11 is 0. The molecule has 6 heteroatoms. The third-order valence-electron chi connectivity index (χ3n) is 1.77. The van der Waals surface area contributed by atoms with E-state index in [0.29, 0.717) is 12.4 Å². The van der Waals surface area contributed by atoms with Crippen molar-refractivity contribution in [2.24, 2.45) is 10.7 Å². The summed E-state index contributed by atoms with van der Waals surface area (Å²) in [5.41, 5.74) is 11.6. The molecule has 0 bridgehead atoms. The first-order chi connectivity index (χ1) is 7.13. The summed E-state index contributed by atoms with van der Waals surface area (Å²) in [6.07, 6.45) is 1.59. The molecule has 0 aromatic carbocycles. The number of anilines is 1. The van der Waals surface area contributed by atoms with Gasteiger partial charge in [-0.25, -0.2) is 4.98 Å². The topological polar surface area (TPSA) is 106 Å². The molecular formula is C9H13N5O. The van der Waals surface area contributed by atoms with Crippen LogP contribution in [0.2, 0.25) is 0 Å². The molecule has 80 valence electrons. The van der Waals surface area contributed by atoms with Gasteiger partial charge in [0.15, 0.2) is 5.84 Å². The lowest BCUT2D eigenvalue weighted by molar-refractivity contribution is -0.115. The maximum atomic E-state index is 11.2. The number of carbonyl (C=O) groups excluding carboxylic acids is 1. The van der Waals surface area contributed by atoms with Crippen LogP contribution in [0, 0.1) is 0 Å². The summed E-state index contributed by atoms with van der Waals surface area (Å²) in [7, 11) is 1.46. The Kier molecular flexibility index (Phi) is 3.61. The van der Waals surface area contributed by atoms with Crippen LogP contribution < -0.4 is 16.8 Å². The molecule has 5 N–H and O–H groups in total. The number of carbonyl (C=O) groups is 1. The number of amidine groups is 1. The second-order valence-electron chi connectivity index (χ2n) is 2.88. The van der Waals surface area contributed by atoms with Crippen molar-refractivity contribution in [3.63, 3.8) is 0 Å². The summed E-state index contributed by atoms with van der Waals surface area (Å²) in [4.78, 5) is 18.7. The highest BCUT2D eigenvalue weighted by atomic mass is 16.2. The number of hydrogen-bond acceptors (Lipinski definition) is 4. The van der Waals surface area contributed by atoms with Crippen LogP contribution in [0.5, 0.6) is 0 Å². The molecule has 0 aliphatic rings. The molecule has 0 atom stereocenters. The van der Waals surface area contributed by atoms with E-state index in [0.717, 1.165) is 5.56 Å². The molecule has 0 saturated carbocycles. The van der Waals surface area contributed by atoms with Gasteiger partial charge >= 0.3 is 0 Å². The minimum absolute atomic E-state index is 0.0431. The Morgan fingerprint density at radius 1 is 1.60 bits per heavy atom. The Morgan fingerprint density at radius 2 is 2.33 bits per heavy atom. The molecule has 6 nitrogen and oxygen atoms in total. The number of rotatable bonds is 2. The molecule has 0 fully saturated rings. The molecule has 0 unspecified atom stereocenters. The Bertz CT molecular complexity index is 371. The molecule has 1 heterocycles. The van der Waals surface area contributed by atoms with Crippen LogP contribution in [-0.4, -0.2) is 23.8 Å². The van der Waals surface area contributed by atoms with E-state index in [9.17, 15) is 4.79 Å². The van der Waals surface area contributed by atoms with Gasteiger partial charge in [-0.15, -0.1) is 0 Å². The Labute approximate surface area is 87.4 Å². The lowest BCUT2D eigenvalue weighted by Crippen LogP contribution is -2.35. The number of nitrogens with zero attached hydrogens (tertiary/aromatic N) is 2. The SMILES string of the molecule is CN=C(N)C(=O)NCc1ccc(N)nc1. The first-order valence-electron chi connectivity index (χ1n) is 4.34. The maximum Gasteiger partial charge on any atom is 0.286 e. The van der Waals surface area contributed by atoms with Crippen LogP contribution in [0.15, 0.2) is 23.3 Å². The fourth-order valence-electron chi connectivity index (χ4n) is 0.915. The second kappa shape index (κ2) is 4.94. The molecule has 0 aliphatic heterocycles. The normalized spacial score (nSPS) is 11.1. The minimum atomic E-state index is -0.394. The predicted molar refractivity (Wildman–Crippen MR) is 58.0 cm³/mol. The van der Waals surface area contributed by atoms with Gasteiger partial charge in [-0.2, -0.15) is 0 Å². The highest BCUT2D eigenvalue weighted by molar-refractivity contribution is 6.37. The molecule has 0 radical (unpaired) electrons. The maximum absolute atomic E-state index is 11.2. The van der Waals surface area contributed by atoms with Gasteiger partial charge in [0.25, 0.3) is 5.91 Å². The summed E-state index contributed by atoms with van der Waals surface area (Å²) in [6, 6.07) is 3.45. The van der Waals surface area contributed by atoms with Crippen LogP contribution in [0.25, 0.3) is 0 Å². The number of aliphatic imine (C=N–C) groups is 1. The van der Waals surface area contributed by atoms with E-state index in [1.165, 1.54) is 7.05 Å². The third-order valence-corrected chi connectivity index (χ3v) is 1.77. The molecule has 0 aliphatic carbocycles. The van der Waals surface area contributed by atoms with E-state index < -0.39 is 5.91 Å². The number of nitrogens with one attached hydrogen (secondary N) is 1. The van der Waals surface area contributed by atoms with Crippen molar-refractivity contribution in [3.8, 4) is 0 Å². The second-order valence-corrected chi connectivity index (χ2v) is 2.88. The summed E-state index contributed by atoms with van der Waals surface area (Å²) in [6.45, 7) is 0.350. The van der Waals surface area contributed by atoms with Gasteiger partial charge in [-0.3, -0.25) is 9.79 Å². The van der Waals surface area contributed by atoms with Crippen LogP contribution in [0.4, 0.5) is 5.82 Å². The van der Waals surface area contributed by atoms with E-state index in [1.807, 2.05) is 0 Å². The zero-order chi connectivity index (χ0) is 11.3. The minimum Gasteiger partial charge on any atom is -0.384 e. The van der Waals surface area contributed by atoms with Crippen LogP contribution in [0.1, 0.15) is 5.56 Å². The van der Waals surface area contributed by atoms with Gasteiger partial charge < -0.3 is 16.8 Å². The van der Waals surface area contributed by atoms with Crippen LogP contribution >= 0.6 is 0 Å². The summed E-state index contributed by atoms with van der Waals surface area (Å²) in [5, 5.41) is 2.59. The van der Waals surface area contributed by atoms with Crippen LogP contribution in [0.3, 0.4) is 0 Å². The highest BCUT2D eigenvalue weighted by Crippen LogP contribution is 2.00. The highest BCUT2D eigenvalue weighted by Gasteiger charge is 2.04. The number of nitrogen functional groups attached to an aromatic ring is 1. The van der Waals surface area contributed by atoms with E-state index >= 15 is 0 Å². The Balaban J connectivity index is 2.51. The van der Waals surface area contributed by atoms with Crippen molar-refractivity contribution in [1.82, 2.24) is 10.3 Å². The van der Waals surface area contributed by atoms with Gasteiger partial charge in [0, 0.05) is 19.8 Å². The largest absolute Gasteiger partial charge is 0.384 e. The van der Waals surface area contributed by atoms with Crippen molar-refractivity contribution < 1.29 is 4.79 Å². The summed E-state index contributed by atoms with van der Waals surface area (Å²) < 4.78 is 0. The lowest BCUT2D eigenvalue weighted by atomic mass is 10.3. The van der Waals surface area contributed by atoms with E-state index in [-0.39, 0.29) is 5.84 Å². The van der Waals surface area contributed by atoms with E-state index in [2.05, 4.69) is 15.3 Å².